The second-order valence-corrected chi connectivity index (χ2v) is 3.72. The maximum Gasteiger partial charge on any atom is 0.324 e. The van der Waals surface area contributed by atoms with Gasteiger partial charge in [0.15, 0.2) is 0 Å². The molecular formula is C6H11NO2S. The summed E-state index contributed by atoms with van der Waals surface area (Å²) in [5.41, 5.74) is 4.64. The Balaban J connectivity index is 2.56. The second kappa shape index (κ2) is 2.80. The highest BCUT2D eigenvalue weighted by Crippen LogP contribution is 2.24. The fourth-order valence-electron chi connectivity index (χ4n) is 0.985. The van der Waals surface area contributed by atoms with E-state index < -0.39 is 11.5 Å². The summed E-state index contributed by atoms with van der Waals surface area (Å²) in [5.74, 6) is 0.744. The van der Waals surface area contributed by atoms with Crippen molar-refractivity contribution in [1.29, 1.82) is 0 Å². The quantitative estimate of drug-likeness (QED) is 0.580. The van der Waals surface area contributed by atoms with E-state index in [2.05, 4.69) is 0 Å². The Morgan fingerprint density at radius 3 is 2.70 bits per heavy atom. The highest BCUT2D eigenvalue weighted by Gasteiger charge is 2.35. The molecule has 0 amide bonds. The molecule has 3 N–H and O–H groups in total. The molecule has 58 valence electrons. The van der Waals surface area contributed by atoms with Crippen LogP contribution in [0, 0.1) is 0 Å². The summed E-state index contributed by atoms with van der Waals surface area (Å²) in [5, 5.41) is 8.66. The lowest BCUT2D eigenvalue weighted by molar-refractivity contribution is -0.142. The zero-order valence-electron chi connectivity index (χ0n) is 5.67. The van der Waals surface area contributed by atoms with Gasteiger partial charge in [0.05, 0.1) is 0 Å². The SMILES string of the molecule is N[C@@]1(C(=O)O)CCCSC1. The Labute approximate surface area is 64.0 Å². The smallest absolute Gasteiger partial charge is 0.324 e. The number of aliphatic carboxylic acids is 1. The second-order valence-electron chi connectivity index (χ2n) is 2.62. The zero-order valence-corrected chi connectivity index (χ0v) is 6.49. The van der Waals surface area contributed by atoms with Crippen LogP contribution in [0.1, 0.15) is 12.8 Å². The average molecular weight is 161 g/mol. The predicted octanol–water partition coefficient (Wildman–Crippen LogP) is 0.295. The molecule has 1 atom stereocenters. The van der Waals surface area contributed by atoms with Gasteiger partial charge >= 0.3 is 5.97 Å². The van der Waals surface area contributed by atoms with E-state index in [0.29, 0.717) is 12.2 Å². The molecule has 0 spiro atoms. The molecule has 0 aliphatic carbocycles. The van der Waals surface area contributed by atoms with Gasteiger partial charge in [-0.3, -0.25) is 4.79 Å². The van der Waals surface area contributed by atoms with Crippen LogP contribution < -0.4 is 5.73 Å². The lowest BCUT2D eigenvalue weighted by Crippen LogP contribution is -2.51. The molecule has 0 aromatic rings. The summed E-state index contributed by atoms with van der Waals surface area (Å²) >= 11 is 1.62. The van der Waals surface area contributed by atoms with Gasteiger partial charge in [0, 0.05) is 5.75 Å². The molecule has 0 saturated carbocycles. The molecule has 0 aromatic heterocycles. The zero-order chi connectivity index (χ0) is 7.61. The molecule has 0 radical (unpaired) electrons. The number of carbonyl (C=O) groups is 1. The fraction of sp³-hybridized carbons (Fsp3) is 0.833. The molecule has 4 heteroatoms. The van der Waals surface area contributed by atoms with E-state index >= 15 is 0 Å². The van der Waals surface area contributed by atoms with Crippen LogP contribution >= 0.6 is 11.8 Å². The first kappa shape index (κ1) is 7.88. The van der Waals surface area contributed by atoms with E-state index in [1.165, 1.54) is 0 Å². The highest BCUT2D eigenvalue weighted by molar-refractivity contribution is 7.99. The number of carboxylic acid groups (broad SMARTS) is 1. The standard InChI is InChI=1S/C6H11NO2S/c7-6(5(8)9)2-1-3-10-4-6/h1-4,7H2,(H,8,9)/t6-/m0/s1. The van der Waals surface area contributed by atoms with Gasteiger partial charge < -0.3 is 10.8 Å². The van der Waals surface area contributed by atoms with Crippen molar-refractivity contribution in [3.05, 3.63) is 0 Å². The Morgan fingerprint density at radius 1 is 1.70 bits per heavy atom. The van der Waals surface area contributed by atoms with Crippen molar-refractivity contribution in [2.45, 2.75) is 18.4 Å². The summed E-state index contributed by atoms with van der Waals surface area (Å²) in [6.45, 7) is 0. The van der Waals surface area contributed by atoms with Crippen LogP contribution in [-0.4, -0.2) is 28.1 Å². The van der Waals surface area contributed by atoms with E-state index in [1.807, 2.05) is 0 Å². The van der Waals surface area contributed by atoms with Crippen molar-refractivity contribution in [1.82, 2.24) is 0 Å². The van der Waals surface area contributed by atoms with E-state index in [1.54, 1.807) is 11.8 Å². The van der Waals surface area contributed by atoms with Gasteiger partial charge in [-0.25, -0.2) is 0 Å². The highest BCUT2D eigenvalue weighted by atomic mass is 32.2. The largest absolute Gasteiger partial charge is 0.480 e. The van der Waals surface area contributed by atoms with E-state index in [0.717, 1.165) is 12.2 Å². The van der Waals surface area contributed by atoms with E-state index in [9.17, 15) is 4.79 Å². The van der Waals surface area contributed by atoms with Gasteiger partial charge in [0.1, 0.15) is 5.54 Å². The van der Waals surface area contributed by atoms with Crippen LogP contribution in [-0.2, 0) is 4.79 Å². The normalized spacial score (nSPS) is 33.7. The lowest BCUT2D eigenvalue weighted by atomic mass is 9.97. The summed E-state index contributed by atoms with van der Waals surface area (Å²) in [6.07, 6.45) is 1.54. The third kappa shape index (κ3) is 1.44. The average Bonchev–Trinajstić information content (AvgIpc) is 1.89. The van der Waals surface area contributed by atoms with E-state index in [-0.39, 0.29) is 0 Å². The fourth-order valence-corrected chi connectivity index (χ4v) is 2.11. The van der Waals surface area contributed by atoms with Gasteiger partial charge in [-0.15, -0.1) is 0 Å². The van der Waals surface area contributed by atoms with Crippen molar-refractivity contribution in [2.75, 3.05) is 11.5 Å². The Hall–Kier alpha value is -0.220. The molecule has 3 nitrogen and oxygen atoms in total. The third-order valence-corrected chi connectivity index (χ3v) is 2.99. The van der Waals surface area contributed by atoms with Crippen LogP contribution in [0.25, 0.3) is 0 Å². The number of carboxylic acids is 1. The maximum atomic E-state index is 10.5. The minimum Gasteiger partial charge on any atom is -0.480 e. The molecule has 1 aliphatic rings. The van der Waals surface area contributed by atoms with Crippen molar-refractivity contribution in [3.8, 4) is 0 Å². The van der Waals surface area contributed by atoms with Crippen molar-refractivity contribution in [2.24, 2.45) is 5.73 Å². The summed E-state index contributed by atoms with van der Waals surface area (Å²) in [7, 11) is 0. The van der Waals surface area contributed by atoms with Gasteiger partial charge in [-0.1, -0.05) is 0 Å². The van der Waals surface area contributed by atoms with Gasteiger partial charge in [-0.2, -0.15) is 11.8 Å². The molecule has 1 heterocycles. The predicted molar refractivity (Wildman–Crippen MR) is 41.1 cm³/mol. The molecule has 1 fully saturated rings. The van der Waals surface area contributed by atoms with Crippen molar-refractivity contribution < 1.29 is 9.90 Å². The monoisotopic (exact) mass is 161 g/mol. The summed E-state index contributed by atoms with van der Waals surface area (Å²) in [4.78, 5) is 10.5. The minimum atomic E-state index is -0.942. The van der Waals surface area contributed by atoms with Crippen LogP contribution in [0.2, 0.25) is 0 Å². The Morgan fingerprint density at radius 2 is 2.40 bits per heavy atom. The maximum absolute atomic E-state index is 10.5. The molecular weight excluding hydrogens is 150 g/mol. The molecule has 1 aliphatic heterocycles. The lowest BCUT2D eigenvalue weighted by Gasteiger charge is -2.27. The minimum absolute atomic E-state index is 0.558. The first-order valence-electron chi connectivity index (χ1n) is 3.25. The van der Waals surface area contributed by atoms with Crippen LogP contribution in [0.5, 0.6) is 0 Å². The third-order valence-electron chi connectivity index (χ3n) is 1.70. The number of nitrogens with two attached hydrogens (primary N) is 1. The van der Waals surface area contributed by atoms with Crippen LogP contribution in [0.15, 0.2) is 0 Å². The molecule has 0 bridgehead atoms. The van der Waals surface area contributed by atoms with Crippen LogP contribution in [0.4, 0.5) is 0 Å². The van der Waals surface area contributed by atoms with Gasteiger partial charge in [0.2, 0.25) is 0 Å². The van der Waals surface area contributed by atoms with Crippen molar-refractivity contribution in [3.63, 3.8) is 0 Å². The molecule has 1 rings (SSSR count). The molecule has 0 aromatic carbocycles. The number of hydrogen-bond donors (Lipinski definition) is 2. The first-order chi connectivity index (χ1) is 4.65. The Kier molecular flexibility index (Phi) is 2.21. The summed E-state index contributed by atoms with van der Waals surface area (Å²) in [6, 6.07) is 0. The van der Waals surface area contributed by atoms with Gasteiger partial charge in [-0.05, 0) is 18.6 Å². The molecule has 10 heavy (non-hydrogen) atoms. The molecule has 1 saturated heterocycles. The van der Waals surface area contributed by atoms with E-state index in [4.69, 9.17) is 10.8 Å². The number of hydrogen-bond acceptors (Lipinski definition) is 3. The topological polar surface area (TPSA) is 63.3 Å². The van der Waals surface area contributed by atoms with Crippen molar-refractivity contribution >= 4 is 17.7 Å². The Bertz CT molecular complexity index is 143. The van der Waals surface area contributed by atoms with Gasteiger partial charge in [0.25, 0.3) is 0 Å². The number of rotatable bonds is 1. The van der Waals surface area contributed by atoms with Crippen LogP contribution in [0.3, 0.4) is 0 Å². The number of thioether (sulfide) groups is 1. The first-order valence-corrected chi connectivity index (χ1v) is 4.41. The summed E-state index contributed by atoms with van der Waals surface area (Å²) < 4.78 is 0. The molecule has 0 unspecified atom stereocenters.